The van der Waals surface area contributed by atoms with E-state index in [2.05, 4.69) is 5.32 Å². The van der Waals surface area contributed by atoms with Crippen molar-refractivity contribution in [3.63, 3.8) is 0 Å². The van der Waals surface area contributed by atoms with Crippen LogP contribution in [0.25, 0.3) is 0 Å². The van der Waals surface area contributed by atoms with E-state index in [0.29, 0.717) is 11.3 Å². The number of halogens is 4. The third kappa shape index (κ3) is 3.60. The lowest BCUT2D eigenvalue weighted by atomic mass is 9.97. The normalized spacial score (nSPS) is 16.2. The zero-order valence-electron chi connectivity index (χ0n) is 12.9. The van der Waals surface area contributed by atoms with Crippen LogP contribution in [0.5, 0.6) is 11.5 Å². The Balaban J connectivity index is 1.84. The molecule has 1 heterocycles. The number of carbonyl (C=O) groups excluding carboxylic acids is 1. The van der Waals surface area contributed by atoms with Crippen molar-refractivity contribution in [1.29, 1.82) is 0 Å². The number of anilines is 1. The van der Waals surface area contributed by atoms with Crippen LogP contribution in [0, 0.1) is 0 Å². The maximum Gasteiger partial charge on any atom is 0.416 e. The second-order valence-corrected chi connectivity index (χ2v) is 6.04. The topological polar surface area (TPSA) is 75.6 Å². The largest absolute Gasteiger partial charge is 0.481 e. The van der Waals surface area contributed by atoms with Crippen LogP contribution in [0.4, 0.5) is 18.9 Å². The molecule has 2 aromatic rings. The van der Waals surface area contributed by atoms with Crippen LogP contribution >= 0.6 is 11.6 Å². The summed E-state index contributed by atoms with van der Waals surface area (Å²) < 4.78 is 43.5. The van der Waals surface area contributed by atoms with Gasteiger partial charge in [-0.1, -0.05) is 17.7 Å². The Kier molecular flexibility index (Phi) is 4.53. The molecule has 1 atom stereocenters. The van der Waals surface area contributed by atoms with Gasteiger partial charge in [-0.05, 0) is 29.8 Å². The van der Waals surface area contributed by atoms with Gasteiger partial charge in [-0.25, -0.2) is 0 Å². The van der Waals surface area contributed by atoms with E-state index in [-0.39, 0.29) is 22.9 Å². The van der Waals surface area contributed by atoms with E-state index in [4.69, 9.17) is 21.4 Å². The first-order chi connectivity index (χ1) is 12.1. The Morgan fingerprint density at radius 2 is 1.96 bits per heavy atom. The lowest BCUT2D eigenvalue weighted by molar-refractivity contribution is -0.139. The highest BCUT2D eigenvalue weighted by atomic mass is 35.5. The minimum absolute atomic E-state index is 0.0195. The highest BCUT2D eigenvalue weighted by Crippen LogP contribution is 2.40. The predicted molar refractivity (Wildman–Crippen MR) is 86.6 cm³/mol. The number of aliphatic carboxylic acids is 1. The Hall–Kier alpha value is -2.74. The maximum atomic E-state index is 12.7. The summed E-state index contributed by atoms with van der Waals surface area (Å²) in [6.07, 6.45) is -4.86. The van der Waals surface area contributed by atoms with Gasteiger partial charge in [-0.3, -0.25) is 9.59 Å². The molecule has 1 aliphatic heterocycles. The number of amides is 1. The summed E-state index contributed by atoms with van der Waals surface area (Å²) in [6.45, 7) is 0. The molecule has 0 aliphatic carbocycles. The van der Waals surface area contributed by atoms with Gasteiger partial charge in [0.2, 0.25) is 5.91 Å². The Labute approximate surface area is 150 Å². The number of hydrogen-bond donors (Lipinski definition) is 2. The number of carboxylic acid groups (broad SMARTS) is 1. The van der Waals surface area contributed by atoms with Gasteiger partial charge >= 0.3 is 12.1 Å². The molecular formula is C17H11ClF3NO4. The molecule has 0 aromatic heterocycles. The lowest BCUT2D eigenvalue weighted by Gasteiger charge is -2.12. The van der Waals surface area contributed by atoms with E-state index in [0.717, 1.165) is 18.2 Å². The second kappa shape index (κ2) is 6.53. The first-order valence-corrected chi connectivity index (χ1v) is 7.74. The minimum Gasteiger partial charge on any atom is -0.481 e. The number of carbonyl (C=O) groups is 2. The molecule has 0 fully saturated rings. The number of carboxylic acids is 1. The number of nitrogens with one attached hydrogen (secondary N) is 1. The standard InChI is InChI=1S/C17H11ClF3NO4/c18-12-5-8(17(19,20)21)1-4-14(12)26-9-2-3-10-11(7-15(23)24)16(25)22-13(10)6-9/h1-6,11H,7H2,(H,22,25)(H,23,24). The van der Waals surface area contributed by atoms with E-state index in [9.17, 15) is 22.8 Å². The van der Waals surface area contributed by atoms with Gasteiger partial charge in [-0.15, -0.1) is 0 Å². The Morgan fingerprint density at radius 3 is 2.58 bits per heavy atom. The summed E-state index contributed by atoms with van der Waals surface area (Å²) in [4.78, 5) is 22.7. The summed E-state index contributed by atoms with van der Waals surface area (Å²) in [6, 6.07) is 7.19. The van der Waals surface area contributed by atoms with Gasteiger partial charge in [0.1, 0.15) is 11.5 Å². The summed E-state index contributed by atoms with van der Waals surface area (Å²) in [5, 5.41) is 11.2. The second-order valence-electron chi connectivity index (χ2n) is 5.63. The van der Waals surface area contributed by atoms with Crippen molar-refractivity contribution < 1.29 is 32.6 Å². The molecule has 0 saturated carbocycles. The van der Waals surface area contributed by atoms with Gasteiger partial charge in [0, 0.05) is 11.8 Å². The molecule has 1 unspecified atom stereocenters. The number of fused-ring (bicyclic) bond motifs is 1. The van der Waals surface area contributed by atoms with Crippen molar-refractivity contribution in [2.45, 2.75) is 18.5 Å². The summed E-state index contributed by atoms with van der Waals surface area (Å²) >= 11 is 5.85. The first-order valence-electron chi connectivity index (χ1n) is 7.36. The van der Waals surface area contributed by atoms with E-state index < -0.39 is 29.5 Å². The highest BCUT2D eigenvalue weighted by molar-refractivity contribution is 6.32. The van der Waals surface area contributed by atoms with Crippen LogP contribution in [-0.4, -0.2) is 17.0 Å². The average molecular weight is 386 g/mol. The summed E-state index contributed by atoms with van der Waals surface area (Å²) in [7, 11) is 0. The molecule has 3 rings (SSSR count). The quantitative estimate of drug-likeness (QED) is 0.802. The van der Waals surface area contributed by atoms with Crippen molar-refractivity contribution >= 4 is 29.2 Å². The van der Waals surface area contributed by atoms with E-state index >= 15 is 0 Å². The van der Waals surface area contributed by atoms with Crippen molar-refractivity contribution in [3.8, 4) is 11.5 Å². The lowest BCUT2D eigenvalue weighted by Crippen LogP contribution is -2.15. The van der Waals surface area contributed by atoms with E-state index in [1.54, 1.807) is 0 Å². The molecule has 26 heavy (non-hydrogen) atoms. The Bertz CT molecular complexity index is 898. The van der Waals surface area contributed by atoms with Crippen molar-refractivity contribution in [3.05, 3.63) is 52.5 Å². The van der Waals surface area contributed by atoms with E-state index in [1.165, 1.54) is 18.2 Å². The van der Waals surface area contributed by atoms with Crippen LogP contribution in [0.1, 0.15) is 23.5 Å². The molecule has 2 aromatic carbocycles. The molecule has 0 radical (unpaired) electrons. The zero-order chi connectivity index (χ0) is 19.1. The Morgan fingerprint density at radius 1 is 1.23 bits per heavy atom. The van der Waals surface area contributed by atoms with Crippen LogP contribution in [0.15, 0.2) is 36.4 Å². The minimum atomic E-state index is -4.51. The smallest absolute Gasteiger partial charge is 0.416 e. The highest BCUT2D eigenvalue weighted by Gasteiger charge is 2.33. The molecule has 1 amide bonds. The molecule has 9 heteroatoms. The fourth-order valence-electron chi connectivity index (χ4n) is 2.64. The number of alkyl halides is 3. The zero-order valence-corrected chi connectivity index (χ0v) is 13.7. The third-order valence-corrected chi connectivity index (χ3v) is 4.14. The molecule has 0 bridgehead atoms. The third-order valence-electron chi connectivity index (χ3n) is 3.84. The molecule has 5 nitrogen and oxygen atoms in total. The van der Waals surface area contributed by atoms with Crippen molar-refractivity contribution in [1.82, 2.24) is 0 Å². The number of ether oxygens (including phenoxy) is 1. The number of rotatable bonds is 4. The fourth-order valence-corrected chi connectivity index (χ4v) is 2.86. The monoisotopic (exact) mass is 385 g/mol. The van der Waals surface area contributed by atoms with Gasteiger partial charge in [0.25, 0.3) is 0 Å². The first kappa shape index (κ1) is 18.1. The van der Waals surface area contributed by atoms with E-state index in [1.807, 2.05) is 0 Å². The van der Waals surface area contributed by atoms with Crippen LogP contribution in [-0.2, 0) is 15.8 Å². The molecule has 1 aliphatic rings. The van der Waals surface area contributed by atoms with Gasteiger partial charge in [0.05, 0.1) is 22.9 Å². The van der Waals surface area contributed by atoms with Gasteiger partial charge in [-0.2, -0.15) is 13.2 Å². The molecule has 0 spiro atoms. The number of hydrogen-bond acceptors (Lipinski definition) is 3. The SMILES string of the molecule is O=C(O)CC1C(=O)Nc2cc(Oc3ccc(C(F)(F)F)cc3Cl)ccc21. The van der Waals surface area contributed by atoms with Crippen LogP contribution in [0.3, 0.4) is 0 Å². The van der Waals surface area contributed by atoms with Crippen LogP contribution in [0.2, 0.25) is 5.02 Å². The summed E-state index contributed by atoms with van der Waals surface area (Å²) in [5.74, 6) is -2.08. The average Bonchev–Trinajstić information content (AvgIpc) is 2.83. The van der Waals surface area contributed by atoms with Crippen molar-refractivity contribution in [2.24, 2.45) is 0 Å². The molecule has 136 valence electrons. The van der Waals surface area contributed by atoms with Crippen molar-refractivity contribution in [2.75, 3.05) is 5.32 Å². The van der Waals surface area contributed by atoms with Crippen LogP contribution < -0.4 is 10.1 Å². The molecular weight excluding hydrogens is 375 g/mol. The fraction of sp³-hybridized carbons (Fsp3) is 0.176. The summed E-state index contributed by atoms with van der Waals surface area (Å²) in [5.41, 5.74) is 0.0117. The predicted octanol–water partition coefficient (Wildman–Crippen LogP) is 4.66. The van der Waals surface area contributed by atoms with Gasteiger partial charge < -0.3 is 15.2 Å². The number of benzene rings is 2. The molecule has 0 saturated heterocycles. The van der Waals surface area contributed by atoms with Gasteiger partial charge in [0.15, 0.2) is 0 Å². The molecule has 2 N–H and O–H groups in total. The maximum absolute atomic E-state index is 12.7.